The summed E-state index contributed by atoms with van der Waals surface area (Å²) >= 11 is 1.56. The number of carbonyl (C=O) groups excluding carboxylic acids is 1. The molecule has 2 heterocycles. The molecule has 0 radical (unpaired) electrons. The van der Waals surface area contributed by atoms with Gasteiger partial charge in [0.15, 0.2) is 5.16 Å². The van der Waals surface area contributed by atoms with Crippen molar-refractivity contribution in [2.75, 3.05) is 0 Å². The summed E-state index contributed by atoms with van der Waals surface area (Å²) in [6, 6.07) is 4.39. The zero-order valence-electron chi connectivity index (χ0n) is 15.3. The van der Waals surface area contributed by atoms with E-state index in [1.807, 2.05) is 12.1 Å². The summed E-state index contributed by atoms with van der Waals surface area (Å²) in [5.41, 5.74) is 1.01. The van der Waals surface area contributed by atoms with Crippen LogP contribution in [0.5, 0.6) is 0 Å². The Kier molecular flexibility index (Phi) is 4.98. The van der Waals surface area contributed by atoms with Gasteiger partial charge in [-0.05, 0) is 43.2 Å². The highest BCUT2D eigenvalue weighted by atomic mass is 32.2. The zero-order chi connectivity index (χ0) is 18.1. The first-order valence-corrected chi connectivity index (χ1v) is 10.3. The smallest absolute Gasteiger partial charge is 0.234 e. The first-order chi connectivity index (χ1) is 12.6. The zero-order valence-corrected chi connectivity index (χ0v) is 16.1. The quantitative estimate of drug-likeness (QED) is 0.721. The average Bonchev–Trinajstić information content (AvgIpc) is 3.57. The van der Waals surface area contributed by atoms with E-state index in [4.69, 9.17) is 0 Å². The van der Waals surface area contributed by atoms with Gasteiger partial charge in [0.1, 0.15) is 5.82 Å². The molecule has 1 atom stereocenters. The lowest BCUT2D eigenvalue weighted by Crippen LogP contribution is -2.35. The summed E-state index contributed by atoms with van der Waals surface area (Å²) in [5, 5.41) is 12.7. The van der Waals surface area contributed by atoms with Gasteiger partial charge in [0.05, 0.1) is 5.25 Å². The maximum Gasteiger partial charge on any atom is 0.234 e. The monoisotopic (exact) mass is 371 g/mol. The van der Waals surface area contributed by atoms with Gasteiger partial charge in [-0.15, -0.1) is 10.2 Å². The van der Waals surface area contributed by atoms with Gasteiger partial charge in [0.2, 0.25) is 5.91 Å². The van der Waals surface area contributed by atoms with Gasteiger partial charge < -0.3 is 9.88 Å². The number of carbonyl (C=O) groups is 1. The van der Waals surface area contributed by atoms with Crippen LogP contribution in [0.4, 0.5) is 0 Å². The number of nitrogens with one attached hydrogen (secondary N) is 1. The van der Waals surface area contributed by atoms with E-state index in [1.54, 1.807) is 24.2 Å². The number of hydrogen-bond donors (Lipinski definition) is 1. The van der Waals surface area contributed by atoms with Crippen LogP contribution in [0.15, 0.2) is 29.7 Å². The lowest BCUT2D eigenvalue weighted by atomic mass is 10.1. The van der Waals surface area contributed by atoms with Crippen molar-refractivity contribution in [1.29, 1.82) is 0 Å². The third-order valence-corrected chi connectivity index (χ3v) is 6.33. The molecular formula is C19H25N5OS. The van der Waals surface area contributed by atoms with Crippen molar-refractivity contribution in [2.45, 2.75) is 68.4 Å². The second kappa shape index (κ2) is 7.39. The van der Waals surface area contributed by atoms with E-state index in [2.05, 4.69) is 38.9 Å². The van der Waals surface area contributed by atoms with Crippen molar-refractivity contribution in [3.63, 3.8) is 0 Å². The minimum Gasteiger partial charge on any atom is -0.351 e. The van der Waals surface area contributed by atoms with Crippen LogP contribution >= 0.6 is 11.8 Å². The van der Waals surface area contributed by atoms with Crippen LogP contribution in [-0.2, 0) is 11.3 Å². The fourth-order valence-corrected chi connectivity index (χ4v) is 4.20. The van der Waals surface area contributed by atoms with Gasteiger partial charge in [0, 0.05) is 30.9 Å². The van der Waals surface area contributed by atoms with Crippen molar-refractivity contribution >= 4 is 17.7 Å². The van der Waals surface area contributed by atoms with E-state index < -0.39 is 0 Å². The van der Waals surface area contributed by atoms with Gasteiger partial charge in [0.25, 0.3) is 0 Å². The molecule has 2 aliphatic rings. The number of pyridine rings is 1. The Morgan fingerprint density at radius 1 is 1.31 bits per heavy atom. The second-order valence-electron chi connectivity index (χ2n) is 7.58. The van der Waals surface area contributed by atoms with Crippen molar-refractivity contribution in [1.82, 2.24) is 25.1 Å². The lowest BCUT2D eigenvalue weighted by molar-refractivity contribution is -0.121. The standard InChI is InChI=1S/C19H25N5OS/c1-12(2)16(18(25)21-11-13-4-3-9-20-10-13)26-19-23-22-17(14-5-6-14)24(19)15-7-8-15/h3-4,9-10,12,14-16H,5-8,11H2,1-2H3,(H,21,25)/t16-/m1/s1. The van der Waals surface area contributed by atoms with Gasteiger partial charge in [-0.2, -0.15) is 0 Å². The molecule has 2 aromatic rings. The molecule has 0 aromatic carbocycles. The van der Waals surface area contributed by atoms with Crippen LogP contribution < -0.4 is 5.32 Å². The molecule has 0 aliphatic heterocycles. The topological polar surface area (TPSA) is 72.7 Å². The maximum atomic E-state index is 12.8. The molecule has 4 rings (SSSR count). The predicted octanol–water partition coefficient (Wildman–Crippen LogP) is 3.32. The molecule has 2 aromatic heterocycles. The largest absolute Gasteiger partial charge is 0.351 e. The Bertz CT molecular complexity index is 767. The molecule has 0 spiro atoms. The molecule has 2 fully saturated rings. The highest BCUT2D eigenvalue weighted by molar-refractivity contribution is 8.00. The van der Waals surface area contributed by atoms with E-state index >= 15 is 0 Å². The lowest BCUT2D eigenvalue weighted by Gasteiger charge is -2.20. The minimum atomic E-state index is -0.180. The van der Waals surface area contributed by atoms with Crippen LogP contribution in [0.1, 0.15) is 62.9 Å². The maximum absolute atomic E-state index is 12.8. The molecular weight excluding hydrogens is 346 g/mol. The average molecular weight is 372 g/mol. The first kappa shape index (κ1) is 17.5. The summed E-state index contributed by atoms with van der Waals surface area (Å²) in [5.74, 6) is 1.97. The van der Waals surface area contributed by atoms with Crippen LogP contribution in [-0.4, -0.2) is 30.9 Å². The number of rotatable bonds is 8. The summed E-state index contributed by atoms with van der Waals surface area (Å²) in [4.78, 5) is 16.9. The van der Waals surface area contributed by atoms with Gasteiger partial charge in [-0.3, -0.25) is 9.78 Å². The SMILES string of the molecule is CC(C)[C@@H](Sc1nnc(C2CC2)n1C1CC1)C(=O)NCc1cccnc1. The van der Waals surface area contributed by atoms with Gasteiger partial charge in [-0.25, -0.2) is 0 Å². The Labute approximate surface area is 158 Å². The number of nitrogens with zero attached hydrogens (tertiary/aromatic N) is 4. The molecule has 1 amide bonds. The molecule has 2 saturated carbocycles. The highest BCUT2D eigenvalue weighted by Crippen LogP contribution is 2.46. The van der Waals surface area contributed by atoms with Crippen molar-refractivity contribution in [3.05, 3.63) is 35.9 Å². The third kappa shape index (κ3) is 3.92. The molecule has 26 heavy (non-hydrogen) atoms. The highest BCUT2D eigenvalue weighted by Gasteiger charge is 2.37. The molecule has 0 bridgehead atoms. The van der Waals surface area contributed by atoms with Crippen LogP contribution in [0, 0.1) is 5.92 Å². The number of thioether (sulfide) groups is 1. The molecule has 6 nitrogen and oxygen atoms in total. The molecule has 0 unspecified atom stereocenters. The van der Waals surface area contributed by atoms with Crippen LogP contribution in [0.3, 0.4) is 0 Å². The molecule has 138 valence electrons. The summed E-state index contributed by atoms with van der Waals surface area (Å²) < 4.78 is 2.31. The van der Waals surface area contributed by atoms with E-state index in [0.29, 0.717) is 18.5 Å². The predicted molar refractivity (Wildman–Crippen MR) is 101 cm³/mol. The van der Waals surface area contributed by atoms with Crippen molar-refractivity contribution in [3.8, 4) is 0 Å². The van der Waals surface area contributed by atoms with E-state index in [9.17, 15) is 4.79 Å². The number of aromatic nitrogens is 4. The Morgan fingerprint density at radius 3 is 2.73 bits per heavy atom. The van der Waals surface area contributed by atoms with E-state index in [-0.39, 0.29) is 17.1 Å². The Hall–Kier alpha value is -1.89. The van der Waals surface area contributed by atoms with Crippen LogP contribution in [0.25, 0.3) is 0 Å². The van der Waals surface area contributed by atoms with Crippen LogP contribution in [0.2, 0.25) is 0 Å². The summed E-state index contributed by atoms with van der Waals surface area (Å²) in [6.07, 6.45) is 8.35. The number of amides is 1. The molecule has 1 N–H and O–H groups in total. The summed E-state index contributed by atoms with van der Waals surface area (Å²) in [6.45, 7) is 4.67. The normalized spacial score (nSPS) is 18.1. The van der Waals surface area contributed by atoms with Crippen molar-refractivity contribution < 1.29 is 4.79 Å². The molecule has 7 heteroatoms. The molecule has 2 aliphatic carbocycles. The summed E-state index contributed by atoms with van der Waals surface area (Å²) in [7, 11) is 0. The second-order valence-corrected chi connectivity index (χ2v) is 8.69. The van der Waals surface area contributed by atoms with Gasteiger partial charge in [-0.1, -0.05) is 31.7 Å². The minimum absolute atomic E-state index is 0.0483. The van der Waals surface area contributed by atoms with Gasteiger partial charge >= 0.3 is 0 Å². The van der Waals surface area contributed by atoms with Crippen molar-refractivity contribution in [2.24, 2.45) is 5.92 Å². The third-order valence-electron chi connectivity index (χ3n) is 4.83. The Balaban J connectivity index is 1.46. The fourth-order valence-electron chi connectivity index (χ4n) is 3.06. The molecule has 0 saturated heterocycles. The fraction of sp³-hybridized carbons (Fsp3) is 0.579. The first-order valence-electron chi connectivity index (χ1n) is 9.41. The number of hydrogen-bond acceptors (Lipinski definition) is 5. The van der Waals surface area contributed by atoms with E-state index in [0.717, 1.165) is 16.5 Å². The van der Waals surface area contributed by atoms with E-state index in [1.165, 1.54) is 25.7 Å². The Morgan fingerprint density at radius 2 is 2.12 bits per heavy atom.